The van der Waals surface area contributed by atoms with Gasteiger partial charge >= 0.3 is 0 Å². The van der Waals surface area contributed by atoms with E-state index in [-0.39, 0.29) is 24.2 Å². The number of hydrogen-bond donors (Lipinski definition) is 3. The Balaban J connectivity index is 0.00000169. The number of hydrogen-bond acceptors (Lipinski definition) is 3. The fourth-order valence-corrected chi connectivity index (χ4v) is 1.49. The number of aromatic hydroxyl groups is 1. The van der Waals surface area contributed by atoms with E-state index in [9.17, 15) is 5.11 Å². The van der Waals surface area contributed by atoms with Gasteiger partial charge in [0.05, 0.1) is 0 Å². The molecule has 0 fully saturated rings. The first-order chi connectivity index (χ1) is 6.13. The van der Waals surface area contributed by atoms with Crippen LogP contribution in [0.15, 0.2) is 22.7 Å². The number of rotatable bonds is 3. The van der Waals surface area contributed by atoms with Crippen molar-refractivity contribution in [3.63, 3.8) is 0 Å². The molecule has 0 aromatic heterocycles. The third kappa shape index (κ3) is 3.84. The highest BCUT2D eigenvalue weighted by Crippen LogP contribution is 2.22. The lowest BCUT2D eigenvalue weighted by atomic mass is 10.1. The second kappa shape index (κ2) is 6.24. The molecule has 0 aliphatic heterocycles. The Bertz CT molecular complexity index is 296. The van der Waals surface area contributed by atoms with Gasteiger partial charge in [-0.25, -0.2) is 0 Å². The average Bonchev–Trinajstić information content (AvgIpc) is 2.11. The molecule has 5 heteroatoms. The fourth-order valence-electron chi connectivity index (χ4n) is 1.08. The number of phenolic OH excluding ortho intramolecular Hbond substituents is 1. The van der Waals surface area contributed by atoms with Gasteiger partial charge in [-0.05, 0) is 30.2 Å². The molecule has 1 unspecified atom stereocenters. The molecule has 0 aliphatic carbocycles. The highest BCUT2D eigenvalue weighted by Gasteiger charge is 2.06. The van der Waals surface area contributed by atoms with Crippen molar-refractivity contribution in [2.75, 3.05) is 6.54 Å². The Labute approximate surface area is 98.0 Å². The van der Waals surface area contributed by atoms with Crippen molar-refractivity contribution in [3.05, 3.63) is 28.2 Å². The summed E-state index contributed by atoms with van der Waals surface area (Å²) in [6.07, 6.45) is 0.599. The Hall–Kier alpha value is -0.290. The first-order valence-corrected chi connectivity index (χ1v) is 4.86. The van der Waals surface area contributed by atoms with E-state index in [1.807, 2.05) is 6.07 Å². The van der Waals surface area contributed by atoms with E-state index in [0.717, 1.165) is 10.0 Å². The van der Waals surface area contributed by atoms with Crippen LogP contribution < -0.4 is 11.5 Å². The van der Waals surface area contributed by atoms with Gasteiger partial charge in [0, 0.05) is 17.1 Å². The van der Waals surface area contributed by atoms with Crippen LogP contribution in [0.3, 0.4) is 0 Å². The highest BCUT2D eigenvalue weighted by molar-refractivity contribution is 9.10. The molecule has 0 heterocycles. The van der Waals surface area contributed by atoms with Crippen molar-refractivity contribution in [2.24, 2.45) is 11.5 Å². The lowest BCUT2D eigenvalue weighted by Crippen LogP contribution is -2.31. The zero-order valence-electron chi connectivity index (χ0n) is 7.61. The van der Waals surface area contributed by atoms with E-state index in [0.29, 0.717) is 13.0 Å². The molecule has 0 saturated heterocycles. The van der Waals surface area contributed by atoms with Crippen LogP contribution >= 0.6 is 28.3 Å². The van der Waals surface area contributed by atoms with Gasteiger partial charge in [0.15, 0.2) is 0 Å². The van der Waals surface area contributed by atoms with Crippen molar-refractivity contribution < 1.29 is 5.11 Å². The SMILES string of the molecule is Cl.NCC(N)Cc1cc(Br)ccc1O. The van der Waals surface area contributed by atoms with Crippen LogP contribution in [0.25, 0.3) is 0 Å². The first kappa shape index (κ1) is 13.7. The smallest absolute Gasteiger partial charge is 0.118 e. The molecule has 0 saturated carbocycles. The monoisotopic (exact) mass is 280 g/mol. The summed E-state index contributed by atoms with van der Waals surface area (Å²) in [7, 11) is 0. The molecule has 0 aliphatic rings. The largest absolute Gasteiger partial charge is 0.508 e. The van der Waals surface area contributed by atoms with E-state index in [1.165, 1.54) is 0 Å². The van der Waals surface area contributed by atoms with Gasteiger partial charge < -0.3 is 16.6 Å². The molecular formula is C9H14BrClN2O. The minimum absolute atomic E-state index is 0. The van der Waals surface area contributed by atoms with Crippen molar-refractivity contribution in [2.45, 2.75) is 12.5 Å². The predicted octanol–water partition coefficient (Wildman–Crippen LogP) is 1.40. The Kier molecular flexibility index (Phi) is 6.11. The van der Waals surface area contributed by atoms with E-state index >= 15 is 0 Å². The normalized spacial score (nSPS) is 11.9. The minimum atomic E-state index is -0.0970. The summed E-state index contributed by atoms with van der Waals surface area (Å²) in [5, 5.41) is 9.46. The van der Waals surface area contributed by atoms with Crippen LogP contribution in [0.2, 0.25) is 0 Å². The molecule has 1 aromatic rings. The molecule has 0 amide bonds. The molecule has 5 N–H and O–H groups in total. The summed E-state index contributed by atoms with van der Waals surface area (Å²) in [5.41, 5.74) is 11.9. The van der Waals surface area contributed by atoms with Crippen LogP contribution in [-0.2, 0) is 6.42 Å². The van der Waals surface area contributed by atoms with Gasteiger partial charge in [0.25, 0.3) is 0 Å². The molecule has 0 spiro atoms. The van der Waals surface area contributed by atoms with Gasteiger partial charge in [0.1, 0.15) is 5.75 Å². The maximum absolute atomic E-state index is 9.46. The Morgan fingerprint density at radius 2 is 2.07 bits per heavy atom. The number of benzene rings is 1. The van der Waals surface area contributed by atoms with Crippen molar-refractivity contribution in [1.82, 2.24) is 0 Å². The third-order valence-corrected chi connectivity index (χ3v) is 2.32. The second-order valence-electron chi connectivity index (χ2n) is 2.97. The minimum Gasteiger partial charge on any atom is -0.508 e. The van der Waals surface area contributed by atoms with Crippen LogP contribution in [-0.4, -0.2) is 17.7 Å². The topological polar surface area (TPSA) is 72.3 Å². The van der Waals surface area contributed by atoms with E-state index in [2.05, 4.69) is 15.9 Å². The van der Waals surface area contributed by atoms with Gasteiger partial charge in [-0.3, -0.25) is 0 Å². The van der Waals surface area contributed by atoms with Crippen LogP contribution in [0.4, 0.5) is 0 Å². The van der Waals surface area contributed by atoms with Gasteiger partial charge in [-0.2, -0.15) is 0 Å². The molecule has 0 radical (unpaired) electrons. The summed E-state index contributed by atoms with van der Waals surface area (Å²) in [6.45, 7) is 0.423. The van der Waals surface area contributed by atoms with E-state index in [4.69, 9.17) is 11.5 Å². The molecule has 80 valence electrons. The molecule has 1 aromatic carbocycles. The quantitative estimate of drug-likeness (QED) is 0.784. The highest BCUT2D eigenvalue weighted by atomic mass is 79.9. The average molecular weight is 282 g/mol. The van der Waals surface area contributed by atoms with Crippen LogP contribution in [0.5, 0.6) is 5.75 Å². The molecular weight excluding hydrogens is 267 g/mol. The summed E-state index contributed by atoms with van der Waals surface area (Å²) >= 11 is 3.32. The summed E-state index contributed by atoms with van der Waals surface area (Å²) in [4.78, 5) is 0. The lowest BCUT2D eigenvalue weighted by Gasteiger charge is -2.10. The van der Waals surface area contributed by atoms with Gasteiger partial charge in [-0.1, -0.05) is 15.9 Å². The molecule has 1 atom stereocenters. The Morgan fingerprint density at radius 3 is 2.64 bits per heavy atom. The third-order valence-electron chi connectivity index (χ3n) is 1.83. The maximum Gasteiger partial charge on any atom is 0.118 e. The lowest BCUT2D eigenvalue weighted by molar-refractivity contribution is 0.464. The zero-order chi connectivity index (χ0) is 9.84. The summed E-state index contributed by atoms with van der Waals surface area (Å²) in [5.74, 6) is 0.270. The van der Waals surface area contributed by atoms with Crippen molar-refractivity contribution in [3.8, 4) is 5.75 Å². The van der Waals surface area contributed by atoms with Gasteiger partial charge in [0.2, 0.25) is 0 Å². The predicted molar refractivity (Wildman–Crippen MR) is 63.8 cm³/mol. The molecule has 3 nitrogen and oxygen atoms in total. The Morgan fingerprint density at radius 1 is 1.43 bits per heavy atom. The first-order valence-electron chi connectivity index (χ1n) is 4.06. The van der Waals surface area contributed by atoms with E-state index < -0.39 is 0 Å². The fraction of sp³-hybridized carbons (Fsp3) is 0.333. The second-order valence-corrected chi connectivity index (χ2v) is 3.89. The number of nitrogens with two attached hydrogens (primary N) is 2. The van der Waals surface area contributed by atoms with Crippen molar-refractivity contribution >= 4 is 28.3 Å². The van der Waals surface area contributed by atoms with E-state index in [1.54, 1.807) is 12.1 Å². The number of phenols is 1. The molecule has 0 bridgehead atoms. The summed E-state index contributed by atoms with van der Waals surface area (Å²) < 4.78 is 0.935. The summed E-state index contributed by atoms with van der Waals surface area (Å²) in [6, 6.07) is 5.18. The van der Waals surface area contributed by atoms with Crippen molar-refractivity contribution in [1.29, 1.82) is 0 Å². The molecule has 1 rings (SSSR count). The maximum atomic E-state index is 9.46. The molecule has 14 heavy (non-hydrogen) atoms. The zero-order valence-corrected chi connectivity index (χ0v) is 10.0. The standard InChI is InChI=1S/C9H13BrN2O.ClH/c10-7-1-2-9(13)6(3-7)4-8(12)5-11;/h1-3,8,13H,4-5,11-12H2;1H. The van der Waals surface area contributed by atoms with Gasteiger partial charge in [-0.15, -0.1) is 12.4 Å². The van der Waals surface area contributed by atoms with Crippen LogP contribution in [0.1, 0.15) is 5.56 Å². The number of halogens is 2. The van der Waals surface area contributed by atoms with Crippen LogP contribution in [0, 0.1) is 0 Å².